The molecule has 0 spiro atoms. The Hall–Kier alpha value is -1.29. The average molecular weight is 143 g/mol. The quantitative estimate of drug-likeness (QED) is 0.423. The number of carbonyl (C=O) groups excluding carboxylic acids is 1. The van der Waals surface area contributed by atoms with Crippen LogP contribution in [0.25, 0.3) is 0 Å². The molecule has 0 radical (unpaired) electrons. The molecule has 4 heteroatoms. The van der Waals surface area contributed by atoms with Crippen molar-refractivity contribution in [2.75, 3.05) is 7.11 Å². The first-order valence-electron chi connectivity index (χ1n) is 2.69. The van der Waals surface area contributed by atoms with Crippen LogP contribution in [0.1, 0.15) is 0 Å². The molecule has 0 saturated carbocycles. The Morgan fingerprint density at radius 3 is 2.00 bits per heavy atom. The van der Waals surface area contributed by atoms with Crippen molar-refractivity contribution in [3.05, 3.63) is 24.6 Å². The van der Waals surface area contributed by atoms with E-state index >= 15 is 0 Å². The highest BCUT2D eigenvalue weighted by Gasteiger charge is 1.75. The van der Waals surface area contributed by atoms with Crippen LogP contribution in [0, 0.1) is 0 Å². The molecule has 1 rings (SSSR count). The van der Waals surface area contributed by atoms with Crippen LogP contribution >= 0.6 is 0 Å². The molecule has 0 aromatic rings. The van der Waals surface area contributed by atoms with Crippen LogP contribution in [0.2, 0.25) is 0 Å². The summed E-state index contributed by atoms with van der Waals surface area (Å²) in [5, 5.41) is 11.0. The van der Waals surface area contributed by atoms with Gasteiger partial charge in [-0.25, -0.2) is 0 Å². The predicted octanol–water partition coefficient (Wildman–Crippen LogP) is -1.43. The number of nitrogens with two attached hydrogens (primary N) is 1. The van der Waals surface area contributed by atoms with E-state index in [0.29, 0.717) is 0 Å². The summed E-state index contributed by atoms with van der Waals surface area (Å²) in [6.07, 6.45) is 6.50. The largest absolute Gasteiger partial charge is 0.553 e. The van der Waals surface area contributed by atoms with Crippen molar-refractivity contribution in [2.45, 2.75) is 0 Å². The molecular formula is C6H9NO3. The van der Waals surface area contributed by atoms with Crippen molar-refractivity contribution in [1.29, 1.82) is 0 Å². The molecule has 56 valence electrons. The lowest BCUT2D eigenvalue weighted by molar-refractivity contribution is -0.510. The van der Waals surface area contributed by atoms with Gasteiger partial charge in [-0.3, -0.25) is 5.32 Å². The maximum atomic E-state index is 9.03. The van der Waals surface area contributed by atoms with E-state index in [9.17, 15) is 0 Å². The minimum Gasteiger partial charge on any atom is -0.553 e. The van der Waals surface area contributed by atoms with Gasteiger partial charge in [0.25, 0.3) is 6.16 Å². The molecular weight excluding hydrogens is 134 g/mol. The van der Waals surface area contributed by atoms with E-state index in [1.54, 1.807) is 0 Å². The highest BCUT2D eigenvalue weighted by molar-refractivity contribution is 5.53. The molecule has 0 fully saturated rings. The summed E-state index contributed by atoms with van der Waals surface area (Å²) in [5.41, 5.74) is 0. The number of quaternary nitrogens is 1. The van der Waals surface area contributed by atoms with Gasteiger partial charge < -0.3 is 14.6 Å². The van der Waals surface area contributed by atoms with Gasteiger partial charge in [0.05, 0.1) is 12.4 Å². The Morgan fingerprint density at radius 1 is 1.50 bits per heavy atom. The van der Waals surface area contributed by atoms with Crippen molar-refractivity contribution >= 4 is 6.16 Å². The molecule has 1 aliphatic heterocycles. The standard InChI is InChI=1S/C4H5N.C2H4O3/c1-2-4-5-3-1;1-5-2(3)4/h1-5H;1H3,(H,3,4). The first-order valence-corrected chi connectivity index (χ1v) is 2.69. The topological polar surface area (TPSA) is 66.0 Å². The Bertz CT molecular complexity index is 141. The first kappa shape index (κ1) is 8.71. The molecule has 1 aliphatic rings. The number of carboxylic acid groups (broad SMARTS) is 1. The second kappa shape index (κ2) is 5.84. The molecule has 10 heavy (non-hydrogen) atoms. The lowest BCUT2D eigenvalue weighted by Crippen LogP contribution is -2.69. The third-order valence-corrected chi connectivity index (χ3v) is 0.722. The molecule has 0 aromatic carbocycles. The monoisotopic (exact) mass is 143 g/mol. The van der Waals surface area contributed by atoms with Crippen molar-refractivity contribution < 1.29 is 20.0 Å². The summed E-state index contributed by atoms with van der Waals surface area (Å²) in [6, 6.07) is 0. The van der Waals surface area contributed by atoms with Gasteiger partial charge in [-0.1, -0.05) is 0 Å². The smallest absolute Gasteiger partial charge is 0.251 e. The summed E-state index contributed by atoms with van der Waals surface area (Å²) in [5.74, 6) is 0. The van der Waals surface area contributed by atoms with Gasteiger partial charge in [-0.05, 0) is 12.2 Å². The molecule has 0 atom stereocenters. The van der Waals surface area contributed by atoms with Crippen LogP contribution in [-0.4, -0.2) is 13.3 Å². The van der Waals surface area contributed by atoms with Crippen molar-refractivity contribution in [1.82, 2.24) is 0 Å². The first-order chi connectivity index (χ1) is 4.77. The maximum absolute atomic E-state index is 9.03. The van der Waals surface area contributed by atoms with Crippen molar-refractivity contribution in [2.24, 2.45) is 0 Å². The third-order valence-electron chi connectivity index (χ3n) is 0.722. The number of hydrogen-bond acceptors (Lipinski definition) is 3. The summed E-state index contributed by atoms with van der Waals surface area (Å²) in [6.45, 7) is 0. The molecule has 0 bridgehead atoms. The highest BCUT2D eigenvalue weighted by atomic mass is 16.6. The normalized spacial score (nSPS) is 12.1. The Morgan fingerprint density at radius 2 is 1.90 bits per heavy atom. The van der Waals surface area contributed by atoms with E-state index < -0.39 is 6.16 Å². The van der Waals surface area contributed by atoms with E-state index in [1.165, 1.54) is 0 Å². The lowest BCUT2D eigenvalue weighted by Gasteiger charge is -1.92. The minimum absolute atomic E-state index is 1.04. The van der Waals surface area contributed by atoms with Gasteiger partial charge in [0, 0.05) is 7.11 Å². The number of ether oxygens (including phenoxy) is 1. The van der Waals surface area contributed by atoms with Crippen LogP contribution in [0.3, 0.4) is 0 Å². The van der Waals surface area contributed by atoms with E-state index in [0.717, 1.165) is 7.11 Å². The molecule has 0 saturated heterocycles. The molecule has 0 aromatic heterocycles. The zero-order valence-corrected chi connectivity index (χ0v) is 5.61. The van der Waals surface area contributed by atoms with E-state index in [1.807, 2.05) is 29.9 Å². The molecule has 1 heterocycles. The Kier molecular flexibility index (Phi) is 5.09. The van der Waals surface area contributed by atoms with Gasteiger partial charge in [-0.15, -0.1) is 0 Å². The van der Waals surface area contributed by atoms with E-state index in [-0.39, 0.29) is 0 Å². The lowest BCUT2D eigenvalue weighted by atomic mass is 10.6. The zero-order valence-electron chi connectivity index (χ0n) is 5.61. The van der Waals surface area contributed by atoms with Crippen molar-refractivity contribution in [3.63, 3.8) is 0 Å². The Balaban J connectivity index is 0.000000162. The van der Waals surface area contributed by atoms with Gasteiger partial charge in [0.1, 0.15) is 0 Å². The molecule has 0 aliphatic carbocycles. The number of allylic oxidation sites excluding steroid dienone is 2. The second-order valence-corrected chi connectivity index (χ2v) is 1.42. The molecule has 4 nitrogen and oxygen atoms in total. The van der Waals surface area contributed by atoms with Gasteiger partial charge >= 0.3 is 0 Å². The fraction of sp³-hybridized carbons (Fsp3) is 0.167. The van der Waals surface area contributed by atoms with Crippen molar-refractivity contribution in [3.8, 4) is 0 Å². The van der Waals surface area contributed by atoms with Crippen LogP contribution in [0.15, 0.2) is 24.6 Å². The Labute approximate surface area is 58.8 Å². The van der Waals surface area contributed by atoms with Crippen LogP contribution < -0.4 is 10.4 Å². The average Bonchev–Trinajstić information content (AvgIpc) is 2.43. The highest BCUT2D eigenvalue weighted by Crippen LogP contribution is 1.67. The van der Waals surface area contributed by atoms with Crippen LogP contribution in [-0.2, 0) is 4.74 Å². The van der Waals surface area contributed by atoms with E-state index in [4.69, 9.17) is 9.90 Å². The van der Waals surface area contributed by atoms with Crippen LogP contribution in [0.5, 0.6) is 0 Å². The summed E-state index contributed by atoms with van der Waals surface area (Å²) in [4.78, 5) is 9.03. The second-order valence-electron chi connectivity index (χ2n) is 1.42. The predicted molar refractivity (Wildman–Crippen MR) is 32.6 cm³/mol. The van der Waals surface area contributed by atoms with Crippen LogP contribution in [0.4, 0.5) is 4.79 Å². The summed E-state index contributed by atoms with van der Waals surface area (Å²) in [7, 11) is 1.04. The number of methoxy groups -OCH3 is 1. The van der Waals surface area contributed by atoms with Gasteiger partial charge in [-0.2, -0.15) is 0 Å². The van der Waals surface area contributed by atoms with Gasteiger partial charge in [0.2, 0.25) is 0 Å². The number of hydrogen-bond donors (Lipinski definition) is 1. The van der Waals surface area contributed by atoms with Gasteiger partial charge in [0.15, 0.2) is 0 Å². The molecule has 0 unspecified atom stereocenters. The fourth-order valence-corrected chi connectivity index (χ4v) is 0.321. The maximum Gasteiger partial charge on any atom is 0.251 e. The number of carbonyl (C=O) groups is 1. The summed E-state index contributed by atoms with van der Waals surface area (Å²) >= 11 is 0. The number of rotatable bonds is 0. The zero-order chi connectivity index (χ0) is 7.82. The fourth-order valence-electron chi connectivity index (χ4n) is 0.321. The SMILES string of the molecule is C1=C[NH2+]C=C1.COC(=O)[O-]. The van der Waals surface area contributed by atoms with E-state index in [2.05, 4.69) is 4.74 Å². The molecule has 0 amide bonds. The minimum atomic E-state index is -1.50. The summed E-state index contributed by atoms with van der Waals surface area (Å²) < 4.78 is 3.56. The molecule has 2 N–H and O–H groups in total. The third kappa shape index (κ3) is 6.71.